The molecule has 138 valence electrons. The van der Waals surface area contributed by atoms with Crippen molar-refractivity contribution in [2.75, 3.05) is 19.4 Å². The number of carbonyl (C=O) groups is 1. The van der Waals surface area contributed by atoms with E-state index in [1.54, 1.807) is 32.0 Å². The van der Waals surface area contributed by atoms with Gasteiger partial charge in [0.25, 0.3) is 5.91 Å². The second kappa shape index (κ2) is 8.49. The minimum absolute atomic E-state index is 0.189. The number of nitrogens with zero attached hydrogens (tertiary/aromatic N) is 1. The number of nitrogen functional groups attached to an aromatic ring is 1. The number of amides is 1. The summed E-state index contributed by atoms with van der Waals surface area (Å²) in [7, 11) is 1.53. The summed E-state index contributed by atoms with van der Waals surface area (Å²) in [5.41, 5.74) is 7.43. The first-order valence-electron chi connectivity index (χ1n) is 8.33. The Morgan fingerprint density at radius 2 is 1.92 bits per heavy atom. The third kappa shape index (κ3) is 5.07. The van der Waals surface area contributed by atoms with Crippen LogP contribution in [0.5, 0.6) is 5.75 Å². The smallest absolute Gasteiger partial charge is 0.270 e. The van der Waals surface area contributed by atoms with Crippen LogP contribution in [0, 0.1) is 0 Å². The highest BCUT2D eigenvalue weighted by molar-refractivity contribution is 6.46. The quantitative estimate of drug-likeness (QED) is 0.524. The van der Waals surface area contributed by atoms with E-state index in [0.29, 0.717) is 23.6 Å². The summed E-state index contributed by atoms with van der Waals surface area (Å²) in [6.45, 7) is 3.67. The normalized spacial score (nSPS) is 11.9. The van der Waals surface area contributed by atoms with Crippen molar-refractivity contribution in [3.8, 4) is 5.75 Å². The number of nitrogens with one attached hydrogen (secondary N) is 1. The zero-order valence-electron chi connectivity index (χ0n) is 15.3. The molecule has 4 N–H and O–H groups in total. The molecule has 1 amide bonds. The number of hydrogen-bond donors (Lipinski definition) is 3. The molecule has 6 heteroatoms. The van der Waals surface area contributed by atoms with Crippen molar-refractivity contribution >= 4 is 17.3 Å². The van der Waals surface area contributed by atoms with Gasteiger partial charge in [-0.05, 0) is 37.6 Å². The first-order chi connectivity index (χ1) is 12.4. The van der Waals surface area contributed by atoms with Gasteiger partial charge in [0.05, 0.1) is 12.1 Å². The second-order valence-corrected chi connectivity index (χ2v) is 6.59. The summed E-state index contributed by atoms with van der Waals surface area (Å²) in [5.74, 6) is 0.187. The standard InChI is InChI=1S/C20H25N3O3/c1-20(2,13-24)23-19(25)18(22-3)16-11-15(9-10-17(16)21)26-12-14-7-5-4-6-8-14/h4-11,24H,12-13,21H2,1-3H3,(H,23,25). The molecule has 2 rings (SSSR count). The van der Waals surface area contributed by atoms with E-state index in [2.05, 4.69) is 10.3 Å². The van der Waals surface area contributed by atoms with Gasteiger partial charge in [0.15, 0.2) is 0 Å². The Bertz CT molecular complexity index is 786. The predicted octanol–water partition coefficient (Wildman–Crippen LogP) is 2.15. The maximum absolute atomic E-state index is 12.5. The summed E-state index contributed by atoms with van der Waals surface area (Å²) in [4.78, 5) is 16.6. The molecule has 0 radical (unpaired) electrons. The SMILES string of the molecule is CN=C(C(=O)NC(C)(C)CO)c1cc(OCc2ccccc2)ccc1N. The van der Waals surface area contributed by atoms with Gasteiger partial charge in [-0.25, -0.2) is 0 Å². The minimum atomic E-state index is -0.761. The number of hydrogen-bond acceptors (Lipinski definition) is 5. The van der Waals surface area contributed by atoms with Gasteiger partial charge < -0.3 is 20.9 Å². The molecule has 0 saturated carbocycles. The Kier molecular flexibility index (Phi) is 6.36. The lowest BCUT2D eigenvalue weighted by Crippen LogP contribution is -2.49. The van der Waals surface area contributed by atoms with Crippen molar-refractivity contribution in [1.82, 2.24) is 5.32 Å². The number of benzene rings is 2. The topological polar surface area (TPSA) is 96.9 Å². The molecule has 0 fully saturated rings. The van der Waals surface area contributed by atoms with Gasteiger partial charge in [0, 0.05) is 18.3 Å². The van der Waals surface area contributed by atoms with Crippen molar-refractivity contribution in [3.05, 3.63) is 59.7 Å². The number of nitrogens with two attached hydrogens (primary N) is 1. The number of aliphatic imine (C=N–C) groups is 1. The average Bonchev–Trinajstić information content (AvgIpc) is 2.63. The highest BCUT2D eigenvalue weighted by Crippen LogP contribution is 2.22. The second-order valence-electron chi connectivity index (χ2n) is 6.59. The van der Waals surface area contributed by atoms with Gasteiger partial charge >= 0.3 is 0 Å². The molecule has 0 heterocycles. The Morgan fingerprint density at radius 3 is 2.54 bits per heavy atom. The van der Waals surface area contributed by atoms with Crippen LogP contribution in [0.15, 0.2) is 53.5 Å². The van der Waals surface area contributed by atoms with Crippen LogP contribution in [-0.4, -0.2) is 35.9 Å². The van der Waals surface area contributed by atoms with Crippen LogP contribution in [0.2, 0.25) is 0 Å². The number of ether oxygens (including phenoxy) is 1. The van der Waals surface area contributed by atoms with Crippen molar-refractivity contribution in [1.29, 1.82) is 0 Å². The lowest BCUT2D eigenvalue weighted by atomic mass is 10.0. The predicted molar refractivity (Wildman–Crippen MR) is 103 cm³/mol. The highest BCUT2D eigenvalue weighted by Gasteiger charge is 2.24. The molecule has 0 atom stereocenters. The van der Waals surface area contributed by atoms with Crippen LogP contribution in [0.25, 0.3) is 0 Å². The molecular formula is C20H25N3O3. The Balaban J connectivity index is 2.20. The molecule has 0 bridgehead atoms. The van der Waals surface area contributed by atoms with E-state index in [4.69, 9.17) is 10.5 Å². The van der Waals surface area contributed by atoms with Gasteiger partial charge in [-0.2, -0.15) is 0 Å². The van der Waals surface area contributed by atoms with Crippen LogP contribution < -0.4 is 15.8 Å². The molecule has 2 aromatic carbocycles. The molecular weight excluding hydrogens is 330 g/mol. The molecule has 0 aromatic heterocycles. The van der Waals surface area contributed by atoms with Crippen LogP contribution in [0.1, 0.15) is 25.0 Å². The minimum Gasteiger partial charge on any atom is -0.489 e. The summed E-state index contributed by atoms with van der Waals surface area (Å²) in [6, 6.07) is 14.9. The maximum Gasteiger partial charge on any atom is 0.270 e. The first-order valence-corrected chi connectivity index (χ1v) is 8.33. The van der Waals surface area contributed by atoms with Crippen LogP contribution in [0.4, 0.5) is 5.69 Å². The summed E-state index contributed by atoms with van der Waals surface area (Å²) < 4.78 is 5.80. The van der Waals surface area contributed by atoms with E-state index in [9.17, 15) is 9.90 Å². The Hall–Kier alpha value is -2.86. The van der Waals surface area contributed by atoms with Crippen molar-refractivity contribution in [2.24, 2.45) is 4.99 Å². The van der Waals surface area contributed by atoms with Gasteiger partial charge in [0.2, 0.25) is 0 Å². The fourth-order valence-corrected chi connectivity index (χ4v) is 2.32. The molecule has 0 aliphatic rings. The molecule has 6 nitrogen and oxygen atoms in total. The molecule has 2 aromatic rings. The van der Waals surface area contributed by atoms with Crippen molar-refractivity contribution < 1.29 is 14.6 Å². The summed E-state index contributed by atoms with van der Waals surface area (Å²) in [5, 5.41) is 12.1. The van der Waals surface area contributed by atoms with E-state index < -0.39 is 11.4 Å². The fourth-order valence-electron chi connectivity index (χ4n) is 2.32. The summed E-state index contributed by atoms with van der Waals surface area (Å²) >= 11 is 0. The summed E-state index contributed by atoms with van der Waals surface area (Å²) in [6.07, 6.45) is 0. The van der Waals surface area contributed by atoms with Crippen molar-refractivity contribution in [2.45, 2.75) is 26.0 Å². The number of anilines is 1. The lowest BCUT2D eigenvalue weighted by Gasteiger charge is -2.24. The van der Waals surface area contributed by atoms with Gasteiger partial charge in [-0.1, -0.05) is 30.3 Å². The molecule has 0 saturated heterocycles. The lowest BCUT2D eigenvalue weighted by molar-refractivity contribution is -0.116. The molecule has 0 aliphatic carbocycles. The number of aliphatic hydroxyl groups is 1. The Morgan fingerprint density at radius 1 is 1.23 bits per heavy atom. The first kappa shape index (κ1) is 19.5. The van der Waals surface area contributed by atoms with E-state index in [1.165, 1.54) is 7.05 Å². The van der Waals surface area contributed by atoms with Crippen LogP contribution in [0.3, 0.4) is 0 Å². The van der Waals surface area contributed by atoms with Crippen LogP contribution >= 0.6 is 0 Å². The Labute approximate surface area is 153 Å². The third-order valence-corrected chi connectivity index (χ3v) is 3.81. The average molecular weight is 355 g/mol. The number of rotatable bonds is 7. The molecule has 26 heavy (non-hydrogen) atoms. The highest BCUT2D eigenvalue weighted by atomic mass is 16.5. The van der Waals surface area contributed by atoms with Gasteiger partial charge in [-0.3, -0.25) is 9.79 Å². The van der Waals surface area contributed by atoms with E-state index in [0.717, 1.165) is 5.56 Å². The number of aliphatic hydroxyl groups excluding tert-OH is 1. The van der Waals surface area contributed by atoms with Crippen LogP contribution in [-0.2, 0) is 11.4 Å². The maximum atomic E-state index is 12.5. The van der Waals surface area contributed by atoms with E-state index in [1.807, 2.05) is 30.3 Å². The fraction of sp³-hybridized carbons (Fsp3) is 0.300. The molecule has 0 spiro atoms. The molecule has 0 unspecified atom stereocenters. The third-order valence-electron chi connectivity index (χ3n) is 3.81. The zero-order chi connectivity index (χ0) is 19.2. The number of carbonyl (C=O) groups excluding carboxylic acids is 1. The zero-order valence-corrected chi connectivity index (χ0v) is 15.3. The van der Waals surface area contributed by atoms with Gasteiger partial charge in [-0.15, -0.1) is 0 Å². The van der Waals surface area contributed by atoms with E-state index in [-0.39, 0.29) is 12.3 Å². The van der Waals surface area contributed by atoms with Crippen molar-refractivity contribution in [3.63, 3.8) is 0 Å². The van der Waals surface area contributed by atoms with Gasteiger partial charge in [0.1, 0.15) is 18.1 Å². The largest absolute Gasteiger partial charge is 0.489 e. The monoisotopic (exact) mass is 355 g/mol. The molecule has 0 aliphatic heterocycles. The van der Waals surface area contributed by atoms with E-state index >= 15 is 0 Å².